The van der Waals surface area contributed by atoms with Crippen LogP contribution in [0, 0.1) is 0 Å². The lowest BCUT2D eigenvalue weighted by Gasteiger charge is -2.14. The second-order valence-corrected chi connectivity index (χ2v) is 5.90. The summed E-state index contributed by atoms with van der Waals surface area (Å²) in [5.41, 5.74) is 2.80. The van der Waals surface area contributed by atoms with Crippen molar-refractivity contribution in [1.82, 2.24) is 25.6 Å². The highest BCUT2D eigenvalue weighted by atomic mass is 16.1. The van der Waals surface area contributed by atoms with Crippen LogP contribution in [0.3, 0.4) is 0 Å². The van der Waals surface area contributed by atoms with E-state index >= 15 is 0 Å². The third-order valence-electron chi connectivity index (χ3n) is 3.21. The number of rotatable bonds is 2. The lowest BCUT2D eigenvalue weighted by molar-refractivity contribution is 0.102. The minimum atomic E-state index is -0.230. The standard InChI is InChI=1S/C14H16N6O/c1-14(2,3)11-7-12(19-18-11)15-13(21)8-4-5-9-10(6-8)17-20-16-9/h4-7H,1-3H3,(H,16,17,20)(H2,15,18,19,21). The predicted molar refractivity (Wildman–Crippen MR) is 79.1 cm³/mol. The van der Waals surface area contributed by atoms with Crippen LogP contribution in [0.1, 0.15) is 36.8 Å². The largest absolute Gasteiger partial charge is 0.305 e. The number of carbonyl (C=O) groups excluding carboxylic acids is 1. The van der Waals surface area contributed by atoms with E-state index in [0.29, 0.717) is 16.9 Å². The Morgan fingerprint density at radius 1 is 1.10 bits per heavy atom. The zero-order valence-electron chi connectivity index (χ0n) is 12.1. The lowest BCUT2D eigenvalue weighted by atomic mass is 9.92. The lowest BCUT2D eigenvalue weighted by Crippen LogP contribution is -2.12. The van der Waals surface area contributed by atoms with Gasteiger partial charge in [-0.1, -0.05) is 20.8 Å². The number of aromatic nitrogens is 5. The minimum Gasteiger partial charge on any atom is -0.305 e. The monoisotopic (exact) mass is 284 g/mol. The average Bonchev–Trinajstić information content (AvgIpc) is 3.04. The molecule has 0 aliphatic rings. The van der Waals surface area contributed by atoms with Gasteiger partial charge in [-0.15, -0.1) is 0 Å². The molecule has 0 unspecified atom stereocenters. The molecule has 0 saturated heterocycles. The summed E-state index contributed by atoms with van der Waals surface area (Å²) in [7, 11) is 0. The zero-order chi connectivity index (χ0) is 15.0. The molecule has 0 radical (unpaired) electrons. The fraction of sp³-hybridized carbons (Fsp3) is 0.286. The van der Waals surface area contributed by atoms with Gasteiger partial charge in [-0.05, 0) is 18.2 Å². The number of hydrogen-bond acceptors (Lipinski definition) is 4. The molecule has 3 N–H and O–H groups in total. The number of anilines is 1. The third-order valence-corrected chi connectivity index (χ3v) is 3.21. The van der Waals surface area contributed by atoms with Crippen LogP contribution < -0.4 is 5.32 Å². The van der Waals surface area contributed by atoms with E-state index in [4.69, 9.17) is 0 Å². The summed E-state index contributed by atoms with van der Waals surface area (Å²) in [6.45, 7) is 6.22. The summed E-state index contributed by atoms with van der Waals surface area (Å²) in [6.07, 6.45) is 0. The molecule has 0 spiro atoms. The summed E-state index contributed by atoms with van der Waals surface area (Å²) >= 11 is 0. The van der Waals surface area contributed by atoms with Crippen molar-refractivity contribution in [3.63, 3.8) is 0 Å². The van der Waals surface area contributed by atoms with Crippen LogP contribution in [0.15, 0.2) is 24.3 Å². The fourth-order valence-electron chi connectivity index (χ4n) is 1.94. The van der Waals surface area contributed by atoms with Gasteiger partial charge < -0.3 is 5.32 Å². The highest BCUT2D eigenvalue weighted by Crippen LogP contribution is 2.22. The Hall–Kier alpha value is -2.70. The number of fused-ring (bicyclic) bond motifs is 1. The molecular weight excluding hydrogens is 268 g/mol. The molecule has 3 aromatic rings. The molecule has 21 heavy (non-hydrogen) atoms. The first-order valence-corrected chi connectivity index (χ1v) is 6.61. The molecule has 2 aromatic heterocycles. The average molecular weight is 284 g/mol. The number of carbonyl (C=O) groups is 1. The number of nitrogens with one attached hydrogen (secondary N) is 3. The van der Waals surface area contributed by atoms with E-state index in [1.165, 1.54) is 0 Å². The maximum atomic E-state index is 12.2. The number of nitrogens with zero attached hydrogens (tertiary/aromatic N) is 3. The molecule has 0 saturated carbocycles. The number of amides is 1. The Morgan fingerprint density at radius 2 is 1.86 bits per heavy atom. The molecule has 0 bridgehead atoms. The fourth-order valence-corrected chi connectivity index (χ4v) is 1.94. The van der Waals surface area contributed by atoms with E-state index in [2.05, 4.69) is 51.7 Å². The first kappa shape index (κ1) is 13.3. The smallest absolute Gasteiger partial charge is 0.256 e. The molecule has 108 valence electrons. The van der Waals surface area contributed by atoms with E-state index < -0.39 is 0 Å². The van der Waals surface area contributed by atoms with Crippen LogP contribution in [0.2, 0.25) is 0 Å². The van der Waals surface area contributed by atoms with E-state index in [-0.39, 0.29) is 11.3 Å². The van der Waals surface area contributed by atoms with Crippen LogP contribution >= 0.6 is 0 Å². The topological polar surface area (TPSA) is 99.3 Å². The van der Waals surface area contributed by atoms with Crippen LogP contribution in [-0.4, -0.2) is 31.5 Å². The number of aromatic amines is 2. The van der Waals surface area contributed by atoms with Crippen molar-refractivity contribution in [3.8, 4) is 0 Å². The summed E-state index contributed by atoms with van der Waals surface area (Å²) in [4.78, 5) is 12.2. The Morgan fingerprint density at radius 3 is 2.57 bits per heavy atom. The first-order valence-electron chi connectivity index (χ1n) is 6.61. The zero-order valence-corrected chi connectivity index (χ0v) is 12.1. The van der Waals surface area contributed by atoms with Crippen molar-refractivity contribution in [2.75, 3.05) is 5.32 Å². The first-order chi connectivity index (χ1) is 9.93. The molecule has 0 atom stereocenters. The summed E-state index contributed by atoms with van der Waals surface area (Å²) in [6, 6.07) is 6.98. The van der Waals surface area contributed by atoms with Crippen LogP contribution in [0.5, 0.6) is 0 Å². The molecule has 1 amide bonds. The minimum absolute atomic E-state index is 0.0460. The van der Waals surface area contributed by atoms with Crippen molar-refractivity contribution in [2.24, 2.45) is 0 Å². The van der Waals surface area contributed by atoms with Gasteiger partial charge in [0.1, 0.15) is 11.0 Å². The second-order valence-electron chi connectivity index (χ2n) is 5.90. The molecular formula is C14H16N6O. The number of H-pyrrole nitrogens is 2. The highest BCUT2D eigenvalue weighted by Gasteiger charge is 2.17. The molecule has 0 aliphatic heterocycles. The summed E-state index contributed by atoms with van der Waals surface area (Å²) < 4.78 is 0. The SMILES string of the molecule is CC(C)(C)c1cc(NC(=O)c2ccc3n[nH]nc3c2)n[nH]1. The molecule has 1 aromatic carbocycles. The predicted octanol–water partition coefficient (Wildman–Crippen LogP) is 2.23. The molecule has 7 nitrogen and oxygen atoms in total. The molecule has 3 rings (SSSR count). The van der Waals surface area contributed by atoms with Crippen LogP contribution in [0.4, 0.5) is 5.82 Å². The Labute approximate surface area is 121 Å². The van der Waals surface area contributed by atoms with Crippen molar-refractivity contribution in [2.45, 2.75) is 26.2 Å². The van der Waals surface area contributed by atoms with Gasteiger partial charge in [0.05, 0.1) is 0 Å². The third kappa shape index (κ3) is 2.62. The highest BCUT2D eigenvalue weighted by molar-refractivity contribution is 6.05. The molecule has 0 aliphatic carbocycles. The van der Waals surface area contributed by atoms with Gasteiger partial charge in [-0.2, -0.15) is 20.5 Å². The van der Waals surface area contributed by atoms with Crippen molar-refractivity contribution in [3.05, 3.63) is 35.5 Å². The van der Waals surface area contributed by atoms with Crippen molar-refractivity contribution >= 4 is 22.8 Å². The maximum absolute atomic E-state index is 12.2. The number of benzene rings is 1. The van der Waals surface area contributed by atoms with Gasteiger partial charge >= 0.3 is 0 Å². The van der Waals surface area contributed by atoms with Gasteiger partial charge in [-0.25, -0.2) is 0 Å². The van der Waals surface area contributed by atoms with Crippen LogP contribution in [0.25, 0.3) is 11.0 Å². The Kier molecular flexibility index (Phi) is 2.97. The Bertz CT molecular complexity index is 795. The maximum Gasteiger partial charge on any atom is 0.256 e. The van der Waals surface area contributed by atoms with E-state index in [1.54, 1.807) is 18.2 Å². The Balaban J connectivity index is 1.81. The molecule has 7 heteroatoms. The van der Waals surface area contributed by atoms with E-state index in [0.717, 1.165) is 11.2 Å². The van der Waals surface area contributed by atoms with Gasteiger partial charge in [0.25, 0.3) is 5.91 Å². The van der Waals surface area contributed by atoms with Gasteiger partial charge in [-0.3, -0.25) is 9.89 Å². The van der Waals surface area contributed by atoms with E-state index in [1.807, 2.05) is 6.07 Å². The van der Waals surface area contributed by atoms with Crippen molar-refractivity contribution in [1.29, 1.82) is 0 Å². The number of hydrogen-bond donors (Lipinski definition) is 3. The van der Waals surface area contributed by atoms with Crippen LogP contribution in [-0.2, 0) is 5.41 Å². The van der Waals surface area contributed by atoms with Gasteiger partial charge in [0.15, 0.2) is 5.82 Å². The van der Waals surface area contributed by atoms with Gasteiger partial charge in [0, 0.05) is 22.7 Å². The normalized spacial score (nSPS) is 11.8. The molecule has 0 fully saturated rings. The summed E-state index contributed by atoms with van der Waals surface area (Å²) in [5, 5.41) is 20.3. The van der Waals surface area contributed by atoms with E-state index in [9.17, 15) is 4.79 Å². The van der Waals surface area contributed by atoms with Gasteiger partial charge in [0.2, 0.25) is 0 Å². The van der Waals surface area contributed by atoms with Crippen molar-refractivity contribution < 1.29 is 4.79 Å². The summed E-state index contributed by atoms with van der Waals surface area (Å²) in [5.74, 6) is 0.275. The quantitative estimate of drug-likeness (QED) is 0.672. The second kappa shape index (κ2) is 4.69. The molecule has 2 heterocycles.